The van der Waals surface area contributed by atoms with E-state index in [1.165, 1.54) is 0 Å². The lowest BCUT2D eigenvalue weighted by Gasteiger charge is -2.30. The summed E-state index contributed by atoms with van der Waals surface area (Å²) in [5.41, 5.74) is 2.84. The molecule has 5 nitrogen and oxygen atoms in total. The van der Waals surface area contributed by atoms with Crippen LogP contribution in [0.4, 0.5) is 0 Å². The summed E-state index contributed by atoms with van der Waals surface area (Å²) in [5.74, 6) is 0.449. The van der Waals surface area contributed by atoms with E-state index in [-0.39, 0.29) is 5.91 Å². The van der Waals surface area contributed by atoms with Crippen molar-refractivity contribution in [2.45, 2.75) is 12.0 Å². The van der Waals surface area contributed by atoms with E-state index in [1.54, 1.807) is 19.2 Å². The summed E-state index contributed by atoms with van der Waals surface area (Å²) < 4.78 is 7.05. The second kappa shape index (κ2) is 7.99. The Balaban J connectivity index is 1.68. The Kier molecular flexibility index (Phi) is 5.53. The highest BCUT2D eigenvalue weighted by atomic mass is 35.5. The molecule has 1 saturated heterocycles. The van der Waals surface area contributed by atoms with Crippen molar-refractivity contribution in [3.63, 3.8) is 0 Å². The zero-order valence-corrected chi connectivity index (χ0v) is 18.4. The number of halogens is 2. The van der Waals surface area contributed by atoms with Crippen LogP contribution in [0.15, 0.2) is 49.0 Å². The van der Waals surface area contributed by atoms with Crippen molar-refractivity contribution in [3.8, 4) is 0 Å². The van der Waals surface area contributed by atoms with Crippen LogP contribution in [0.25, 0.3) is 16.7 Å². The summed E-state index contributed by atoms with van der Waals surface area (Å²) in [6.07, 6.45) is 0.792. The topological polar surface area (TPSA) is 55.3 Å². The first-order valence-corrected chi connectivity index (χ1v) is 10.4. The third kappa shape index (κ3) is 3.47. The van der Waals surface area contributed by atoms with E-state index in [0.717, 1.165) is 35.0 Å². The second-order valence-corrected chi connectivity index (χ2v) is 8.34. The molecule has 0 radical (unpaired) electrons. The average Bonchev–Trinajstić information content (AvgIpc) is 3.36. The molecule has 3 aromatic rings. The van der Waals surface area contributed by atoms with Crippen LogP contribution < -0.4 is 10.6 Å². The molecule has 2 aromatic carbocycles. The molecule has 1 unspecified atom stereocenters. The average molecular weight is 444 g/mol. The minimum Gasteiger partial charge on any atom is -0.497 e. The van der Waals surface area contributed by atoms with Crippen LogP contribution in [-0.4, -0.2) is 30.7 Å². The molecule has 1 aliphatic rings. The van der Waals surface area contributed by atoms with Gasteiger partial charge in [0.1, 0.15) is 11.5 Å². The molecule has 0 aliphatic carbocycles. The van der Waals surface area contributed by atoms with E-state index >= 15 is 0 Å². The molecule has 7 heteroatoms. The number of aryl methyl sites for hydroxylation is 1. The van der Waals surface area contributed by atoms with Crippen LogP contribution in [0.1, 0.15) is 28.0 Å². The Morgan fingerprint density at radius 2 is 1.97 bits per heavy atom. The van der Waals surface area contributed by atoms with Gasteiger partial charge in [-0.2, -0.15) is 0 Å². The Hall–Kier alpha value is -2.47. The summed E-state index contributed by atoms with van der Waals surface area (Å²) in [6.45, 7) is 5.37. The molecule has 0 spiro atoms. The van der Waals surface area contributed by atoms with E-state index in [0.29, 0.717) is 28.0 Å². The van der Waals surface area contributed by atoms with Gasteiger partial charge < -0.3 is 19.9 Å². The monoisotopic (exact) mass is 443 g/mol. The van der Waals surface area contributed by atoms with Crippen molar-refractivity contribution in [2.75, 3.05) is 20.2 Å². The summed E-state index contributed by atoms with van der Waals surface area (Å²) in [6, 6.07) is 13.4. The van der Waals surface area contributed by atoms with Crippen LogP contribution in [0.5, 0.6) is 0 Å². The molecule has 0 saturated carbocycles. The maximum absolute atomic E-state index is 13.3. The quantitative estimate of drug-likeness (QED) is 0.560. The smallest absolute Gasteiger partial charge is 0.268 e. The predicted octanol–water partition coefficient (Wildman–Crippen LogP) is 4.72. The molecule has 1 fully saturated rings. The second-order valence-electron chi connectivity index (χ2n) is 7.55. The molecule has 0 bridgehead atoms. The SMILES string of the molecule is C=C(OC)c1ccc(C2(NC(=O)c3cc4c(Cl)c(Cl)ccc4n3C)CCNC2)cc1. The number of methoxy groups -OCH3 is 1. The molecule has 1 aliphatic heterocycles. The summed E-state index contributed by atoms with van der Waals surface area (Å²) >= 11 is 12.5. The molecular formula is C23H23Cl2N3O2. The third-order valence-corrected chi connectivity index (χ3v) is 6.68. The van der Waals surface area contributed by atoms with Gasteiger partial charge >= 0.3 is 0 Å². The Morgan fingerprint density at radius 3 is 2.60 bits per heavy atom. The summed E-state index contributed by atoms with van der Waals surface area (Å²) in [4.78, 5) is 13.3. The molecule has 1 amide bonds. The number of rotatable bonds is 5. The first kappa shape index (κ1) is 20.8. The first-order chi connectivity index (χ1) is 14.4. The molecule has 30 heavy (non-hydrogen) atoms. The number of carbonyl (C=O) groups is 1. The van der Waals surface area contributed by atoms with E-state index < -0.39 is 5.54 Å². The van der Waals surface area contributed by atoms with E-state index in [4.69, 9.17) is 27.9 Å². The fourth-order valence-electron chi connectivity index (χ4n) is 4.06. The predicted molar refractivity (Wildman–Crippen MR) is 122 cm³/mol. The van der Waals surface area contributed by atoms with Gasteiger partial charge in [-0.1, -0.05) is 54.0 Å². The van der Waals surface area contributed by atoms with Crippen molar-refractivity contribution < 1.29 is 9.53 Å². The van der Waals surface area contributed by atoms with Gasteiger partial charge in [0.25, 0.3) is 5.91 Å². The van der Waals surface area contributed by atoms with Gasteiger partial charge in [0.2, 0.25) is 0 Å². The number of amides is 1. The van der Waals surface area contributed by atoms with Crippen molar-refractivity contribution in [1.82, 2.24) is 15.2 Å². The van der Waals surface area contributed by atoms with Crippen LogP contribution in [0, 0.1) is 0 Å². The Morgan fingerprint density at radius 1 is 1.23 bits per heavy atom. The van der Waals surface area contributed by atoms with Crippen LogP contribution >= 0.6 is 23.2 Å². The highest BCUT2D eigenvalue weighted by Gasteiger charge is 2.38. The fourth-order valence-corrected chi connectivity index (χ4v) is 4.44. The van der Waals surface area contributed by atoms with Gasteiger partial charge in [-0.05, 0) is 36.7 Å². The standard InChI is InChI=1S/C23H23Cl2N3O2/c1-14(30-3)15-4-6-16(7-5-15)23(10-11-26-13-23)27-22(29)20-12-17-19(28(20)2)9-8-18(24)21(17)25/h4-9,12,26H,1,10-11,13H2,2-3H3,(H,27,29). The van der Waals surface area contributed by atoms with Crippen molar-refractivity contribution >= 4 is 45.8 Å². The zero-order chi connectivity index (χ0) is 21.5. The van der Waals surface area contributed by atoms with Crippen molar-refractivity contribution in [2.24, 2.45) is 7.05 Å². The van der Waals surface area contributed by atoms with E-state index in [1.807, 2.05) is 41.9 Å². The molecule has 1 atom stereocenters. The summed E-state index contributed by atoms with van der Waals surface area (Å²) in [7, 11) is 3.45. The van der Waals surface area contributed by atoms with Gasteiger partial charge in [0.15, 0.2) is 0 Å². The first-order valence-electron chi connectivity index (χ1n) is 9.67. The van der Waals surface area contributed by atoms with Crippen molar-refractivity contribution in [3.05, 3.63) is 75.9 Å². The Bertz CT molecular complexity index is 1130. The highest BCUT2D eigenvalue weighted by Crippen LogP contribution is 2.34. The lowest BCUT2D eigenvalue weighted by atomic mass is 9.88. The van der Waals surface area contributed by atoms with E-state index in [9.17, 15) is 4.79 Å². The molecular weight excluding hydrogens is 421 g/mol. The van der Waals surface area contributed by atoms with Gasteiger partial charge in [-0.15, -0.1) is 0 Å². The fraction of sp³-hybridized carbons (Fsp3) is 0.261. The number of fused-ring (bicyclic) bond motifs is 1. The number of aromatic nitrogens is 1. The number of benzene rings is 2. The maximum Gasteiger partial charge on any atom is 0.268 e. The maximum atomic E-state index is 13.3. The lowest BCUT2D eigenvalue weighted by molar-refractivity contribution is 0.0896. The molecule has 2 heterocycles. The Labute approximate surface area is 185 Å². The van der Waals surface area contributed by atoms with Crippen LogP contribution in [-0.2, 0) is 17.3 Å². The van der Waals surface area contributed by atoms with Crippen LogP contribution in [0.2, 0.25) is 10.0 Å². The molecule has 1 aromatic heterocycles. The van der Waals surface area contributed by atoms with Gasteiger partial charge in [0, 0.05) is 30.1 Å². The van der Waals surface area contributed by atoms with Gasteiger partial charge in [-0.3, -0.25) is 4.79 Å². The molecule has 4 rings (SSSR count). The molecule has 156 valence electrons. The normalized spacial score (nSPS) is 18.5. The zero-order valence-electron chi connectivity index (χ0n) is 16.9. The number of hydrogen-bond acceptors (Lipinski definition) is 3. The number of nitrogens with one attached hydrogen (secondary N) is 2. The minimum atomic E-state index is -0.498. The largest absolute Gasteiger partial charge is 0.497 e. The lowest BCUT2D eigenvalue weighted by Crippen LogP contribution is -2.47. The van der Waals surface area contributed by atoms with Crippen LogP contribution in [0.3, 0.4) is 0 Å². The highest BCUT2D eigenvalue weighted by molar-refractivity contribution is 6.45. The number of carbonyl (C=O) groups excluding carboxylic acids is 1. The van der Waals surface area contributed by atoms with E-state index in [2.05, 4.69) is 17.2 Å². The number of nitrogens with zero attached hydrogens (tertiary/aromatic N) is 1. The summed E-state index contributed by atoms with van der Waals surface area (Å²) in [5, 5.41) is 8.33. The van der Waals surface area contributed by atoms with Crippen molar-refractivity contribution in [1.29, 1.82) is 0 Å². The van der Waals surface area contributed by atoms with Gasteiger partial charge in [-0.25, -0.2) is 0 Å². The minimum absolute atomic E-state index is 0.157. The number of ether oxygens (including phenoxy) is 1. The third-order valence-electron chi connectivity index (χ3n) is 5.86. The molecule has 2 N–H and O–H groups in total. The van der Waals surface area contributed by atoms with Gasteiger partial charge in [0.05, 0.1) is 22.7 Å². The number of hydrogen-bond donors (Lipinski definition) is 2.